The Balaban J connectivity index is 1.86. The first-order valence-electron chi connectivity index (χ1n) is 11.6. The molecule has 3 unspecified atom stereocenters. The number of nitrogens with zero attached hydrogens (tertiary/aromatic N) is 2. The van der Waals surface area contributed by atoms with Crippen molar-refractivity contribution in [1.29, 1.82) is 0 Å². The van der Waals surface area contributed by atoms with Crippen LogP contribution in [0.4, 0.5) is 0 Å². The second-order valence-corrected chi connectivity index (χ2v) is 9.20. The van der Waals surface area contributed by atoms with E-state index in [1.165, 1.54) is 17.7 Å². The van der Waals surface area contributed by atoms with Crippen LogP contribution in [0.1, 0.15) is 90.0 Å². The van der Waals surface area contributed by atoms with E-state index < -0.39 is 0 Å². The van der Waals surface area contributed by atoms with Crippen LogP contribution in [-0.4, -0.2) is 22.7 Å². The Morgan fingerprint density at radius 2 is 1.76 bits per heavy atom. The molecule has 3 atom stereocenters. The Bertz CT molecular complexity index is 643. The number of nitroso groups, excluding NO2 is 1. The second kappa shape index (κ2) is 13.7. The fourth-order valence-corrected chi connectivity index (χ4v) is 4.63. The summed E-state index contributed by atoms with van der Waals surface area (Å²) in [5.41, 5.74) is 2.58. The molecule has 0 saturated heterocycles. The Morgan fingerprint density at radius 3 is 2.41 bits per heavy atom. The van der Waals surface area contributed by atoms with Gasteiger partial charge in [0.25, 0.3) is 0 Å². The van der Waals surface area contributed by atoms with Crippen molar-refractivity contribution in [3.8, 4) is 0 Å². The fraction of sp³-hybridized carbons (Fsp3) is 0.680. The molecule has 0 aromatic heterocycles. The summed E-state index contributed by atoms with van der Waals surface area (Å²) in [6, 6.07) is 11.1. The van der Waals surface area contributed by atoms with E-state index in [4.69, 9.17) is 17.2 Å². The standard InChI is InChI=1S/C25H38N2OS/c1-3-10-23(27-28)14-9-5-8-13-22(17-16-21-11-6-4-7-12-21)26-24-18-15-20(2)19-25(24)29/h4,6-7,11-12,20,22-23H,3,5,8-10,13-19H2,1-2H3. The molecule has 0 aliphatic heterocycles. The first-order valence-corrected chi connectivity index (χ1v) is 12.0. The summed E-state index contributed by atoms with van der Waals surface area (Å²) >= 11 is 5.65. The third-order valence-electron chi connectivity index (χ3n) is 6.02. The molecule has 1 saturated carbocycles. The summed E-state index contributed by atoms with van der Waals surface area (Å²) in [6.07, 6.45) is 12.9. The van der Waals surface area contributed by atoms with Gasteiger partial charge in [0.05, 0.1) is 12.1 Å². The maximum atomic E-state index is 10.9. The highest BCUT2D eigenvalue weighted by atomic mass is 32.1. The van der Waals surface area contributed by atoms with Crippen LogP contribution in [0, 0.1) is 10.8 Å². The van der Waals surface area contributed by atoms with E-state index in [2.05, 4.69) is 49.4 Å². The minimum atomic E-state index is 0.00993. The van der Waals surface area contributed by atoms with Crippen molar-refractivity contribution in [1.82, 2.24) is 0 Å². The monoisotopic (exact) mass is 414 g/mol. The molecule has 4 heteroatoms. The second-order valence-electron chi connectivity index (χ2n) is 8.71. The lowest BCUT2D eigenvalue weighted by atomic mass is 9.88. The molecule has 1 aromatic rings. The van der Waals surface area contributed by atoms with Crippen molar-refractivity contribution in [2.24, 2.45) is 16.1 Å². The number of unbranched alkanes of at least 4 members (excludes halogenated alkanes) is 2. The molecule has 3 nitrogen and oxygen atoms in total. The minimum Gasteiger partial charge on any atom is -0.285 e. The summed E-state index contributed by atoms with van der Waals surface area (Å²) in [4.78, 5) is 17.1. The minimum absolute atomic E-state index is 0.00993. The van der Waals surface area contributed by atoms with E-state index in [9.17, 15) is 4.91 Å². The van der Waals surface area contributed by atoms with Gasteiger partial charge in [0, 0.05) is 10.6 Å². The maximum Gasteiger partial charge on any atom is 0.0919 e. The highest BCUT2D eigenvalue weighted by Crippen LogP contribution is 2.23. The number of aryl methyl sites for hydroxylation is 1. The molecule has 0 N–H and O–H groups in total. The van der Waals surface area contributed by atoms with Crippen molar-refractivity contribution >= 4 is 22.8 Å². The molecule has 0 radical (unpaired) electrons. The van der Waals surface area contributed by atoms with Gasteiger partial charge in [-0.25, -0.2) is 0 Å². The predicted molar refractivity (Wildman–Crippen MR) is 129 cm³/mol. The summed E-state index contributed by atoms with van der Waals surface area (Å²) < 4.78 is 0. The summed E-state index contributed by atoms with van der Waals surface area (Å²) in [5.74, 6) is 0.701. The van der Waals surface area contributed by atoms with Gasteiger partial charge in [-0.15, -0.1) is 0 Å². The Kier molecular flexibility index (Phi) is 11.3. The molecule has 0 bridgehead atoms. The zero-order valence-corrected chi connectivity index (χ0v) is 19.1. The van der Waals surface area contributed by atoms with Gasteiger partial charge in [0.2, 0.25) is 0 Å². The number of rotatable bonds is 13. The first-order chi connectivity index (χ1) is 14.1. The van der Waals surface area contributed by atoms with Crippen molar-refractivity contribution in [2.75, 3.05) is 0 Å². The Labute approximate surface area is 182 Å². The molecular formula is C25H38N2OS. The van der Waals surface area contributed by atoms with Gasteiger partial charge >= 0.3 is 0 Å². The van der Waals surface area contributed by atoms with Gasteiger partial charge in [-0.3, -0.25) is 4.99 Å². The predicted octanol–water partition coefficient (Wildman–Crippen LogP) is 7.50. The molecule has 0 heterocycles. The lowest BCUT2D eigenvalue weighted by molar-refractivity contribution is 0.485. The van der Waals surface area contributed by atoms with E-state index in [0.29, 0.717) is 12.0 Å². The van der Waals surface area contributed by atoms with Crippen LogP contribution >= 0.6 is 12.2 Å². The summed E-state index contributed by atoms with van der Waals surface area (Å²) in [5, 5.41) is 3.28. The molecule has 29 heavy (non-hydrogen) atoms. The molecule has 0 amide bonds. The van der Waals surface area contributed by atoms with Gasteiger partial charge in [-0.05, 0) is 62.8 Å². The summed E-state index contributed by atoms with van der Waals surface area (Å²) in [7, 11) is 0. The number of benzene rings is 1. The van der Waals surface area contributed by atoms with Crippen molar-refractivity contribution in [3.63, 3.8) is 0 Å². The third-order valence-corrected chi connectivity index (χ3v) is 6.43. The quantitative estimate of drug-likeness (QED) is 0.190. The molecule has 1 aliphatic carbocycles. The Hall–Kier alpha value is -1.42. The first kappa shape index (κ1) is 23.9. The van der Waals surface area contributed by atoms with E-state index in [1.807, 2.05) is 0 Å². The third kappa shape index (κ3) is 9.29. The normalized spacial score (nSPS) is 20.6. The highest BCUT2D eigenvalue weighted by molar-refractivity contribution is 7.82. The Morgan fingerprint density at radius 1 is 1.03 bits per heavy atom. The van der Waals surface area contributed by atoms with E-state index in [-0.39, 0.29) is 6.04 Å². The number of hydrogen-bond acceptors (Lipinski definition) is 4. The highest BCUT2D eigenvalue weighted by Gasteiger charge is 2.20. The molecule has 0 spiro atoms. The van der Waals surface area contributed by atoms with Gasteiger partial charge in [-0.2, -0.15) is 4.91 Å². The van der Waals surface area contributed by atoms with Crippen molar-refractivity contribution in [2.45, 2.75) is 103 Å². The zero-order valence-electron chi connectivity index (χ0n) is 18.3. The number of thiocarbonyl (C=S) groups is 1. The van der Waals surface area contributed by atoms with Crippen LogP contribution in [0.5, 0.6) is 0 Å². The average molecular weight is 415 g/mol. The lowest BCUT2D eigenvalue weighted by Crippen LogP contribution is -2.24. The lowest BCUT2D eigenvalue weighted by Gasteiger charge is -2.23. The molecule has 1 fully saturated rings. The molecular weight excluding hydrogens is 376 g/mol. The largest absolute Gasteiger partial charge is 0.285 e. The van der Waals surface area contributed by atoms with Crippen LogP contribution < -0.4 is 0 Å². The SMILES string of the molecule is CCCC(CCCCCC(CCc1ccccc1)N=C1CCC(C)CC1=S)N=O. The van der Waals surface area contributed by atoms with Gasteiger partial charge in [0.1, 0.15) is 0 Å². The van der Waals surface area contributed by atoms with Crippen molar-refractivity contribution in [3.05, 3.63) is 40.8 Å². The van der Waals surface area contributed by atoms with Gasteiger partial charge in [0.15, 0.2) is 0 Å². The van der Waals surface area contributed by atoms with E-state index >= 15 is 0 Å². The molecule has 1 aliphatic rings. The molecule has 1 aromatic carbocycles. The van der Waals surface area contributed by atoms with Crippen LogP contribution in [0.3, 0.4) is 0 Å². The smallest absolute Gasteiger partial charge is 0.0919 e. The average Bonchev–Trinajstić information content (AvgIpc) is 2.73. The van der Waals surface area contributed by atoms with Gasteiger partial charge < -0.3 is 0 Å². The topological polar surface area (TPSA) is 41.8 Å². The number of hydrogen-bond donors (Lipinski definition) is 0. The van der Waals surface area contributed by atoms with Crippen LogP contribution in [-0.2, 0) is 6.42 Å². The zero-order chi connectivity index (χ0) is 20.9. The van der Waals surface area contributed by atoms with E-state index in [1.54, 1.807) is 0 Å². The summed E-state index contributed by atoms with van der Waals surface area (Å²) in [6.45, 7) is 4.40. The van der Waals surface area contributed by atoms with Crippen LogP contribution in [0.15, 0.2) is 40.5 Å². The van der Waals surface area contributed by atoms with Gasteiger partial charge in [-0.1, -0.05) is 87.3 Å². The maximum absolute atomic E-state index is 10.9. The van der Waals surface area contributed by atoms with E-state index in [0.717, 1.165) is 75.5 Å². The number of aliphatic imine (C=N–C) groups is 1. The van der Waals surface area contributed by atoms with Crippen LogP contribution in [0.25, 0.3) is 0 Å². The fourth-order valence-electron chi connectivity index (χ4n) is 4.19. The van der Waals surface area contributed by atoms with Crippen LogP contribution in [0.2, 0.25) is 0 Å². The van der Waals surface area contributed by atoms with Crippen molar-refractivity contribution < 1.29 is 0 Å². The molecule has 2 rings (SSSR count). The molecule has 160 valence electrons.